The third-order valence-corrected chi connectivity index (χ3v) is 6.58. The summed E-state index contributed by atoms with van der Waals surface area (Å²) in [5.74, 6) is 1.87. The lowest BCUT2D eigenvalue weighted by molar-refractivity contribution is 0.0673. The highest BCUT2D eigenvalue weighted by atomic mass is 16.5. The molecular formula is C26H40N4O. The van der Waals surface area contributed by atoms with E-state index in [1.54, 1.807) is 0 Å². The number of aliphatic imine (C=N–C) groups is 2. The lowest BCUT2D eigenvalue weighted by Gasteiger charge is -2.30. The average molecular weight is 425 g/mol. The van der Waals surface area contributed by atoms with E-state index in [0.717, 1.165) is 64.1 Å². The number of allylic oxidation sites excluding steroid dienone is 6. The quantitative estimate of drug-likeness (QED) is 0.536. The molecule has 5 heteroatoms. The molecule has 1 fully saturated rings. The number of unbranched alkanes of at least 4 members (excludes halogenated alkanes) is 2. The number of hydrogen-bond acceptors (Lipinski definition) is 5. The van der Waals surface area contributed by atoms with Crippen molar-refractivity contribution in [2.24, 2.45) is 15.7 Å². The molecule has 3 aliphatic rings. The van der Waals surface area contributed by atoms with Gasteiger partial charge < -0.3 is 15.4 Å². The lowest BCUT2D eigenvalue weighted by Crippen LogP contribution is -2.40. The van der Waals surface area contributed by atoms with Crippen molar-refractivity contribution in [1.82, 2.24) is 4.90 Å². The van der Waals surface area contributed by atoms with Gasteiger partial charge in [0.1, 0.15) is 11.7 Å². The van der Waals surface area contributed by atoms with Gasteiger partial charge in [0.15, 0.2) is 0 Å². The molecule has 0 atom stereocenters. The van der Waals surface area contributed by atoms with Crippen LogP contribution in [0.2, 0.25) is 0 Å². The van der Waals surface area contributed by atoms with Crippen molar-refractivity contribution in [3.8, 4) is 0 Å². The van der Waals surface area contributed by atoms with Crippen molar-refractivity contribution in [2.45, 2.75) is 79.1 Å². The Morgan fingerprint density at radius 3 is 2.48 bits per heavy atom. The third-order valence-electron chi connectivity index (χ3n) is 6.58. The first-order valence-electron chi connectivity index (χ1n) is 12.1. The SMILES string of the molecule is CCCCCC1=C(C)N=C(N2CCOCC2)CC(CC)=C1C1=CCC(CC)=C(N)N=C1. The van der Waals surface area contributed by atoms with Crippen LogP contribution in [0.15, 0.2) is 55.4 Å². The molecule has 0 aromatic rings. The molecule has 31 heavy (non-hydrogen) atoms. The number of nitrogens with zero attached hydrogens (tertiary/aromatic N) is 3. The lowest BCUT2D eigenvalue weighted by atomic mass is 9.86. The molecule has 0 unspecified atom stereocenters. The summed E-state index contributed by atoms with van der Waals surface area (Å²) in [6.07, 6.45) is 12.8. The summed E-state index contributed by atoms with van der Waals surface area (Å²) < 4.78 is 5.59. The van der Waals surface area contributed by atoms with Gasteiger partial charge in [-0.1, -0.05) is 45.3 Å². The molecule has 3 heterocycles. The minimum Gasteiger partial charge on any atom is -0.384 e. The van der Waals surface area contributed by atoms with Gasteiger partial charge in [0.25, 0.3) is 0 Å². The maximum absolute atomic E-state index is 6.24. The minimum absolute atomic E-state index is 0.680. The smallest absolute Gasteiger partial charge is 0.122 e. The van der Waals surface area contributed by atoms with Crippen molar-refractivity contribution in [3.63, 3.8) is 0 Å². The van der Waals surface area contributed by atoms with Crippen LogP contribution >= 0.6 is 0 Å². The highest BCUT2D eigenvalue weighted by Gasteiger charge is 2.25. The molecule has 0 radical (unpaired) electrons. The van der Waals surface area contributed by atoms with Crippen molar-refractivity contribution >= 4 is 12.1 Å². The maximum atomic E-state index is 6.24. The molecule has 0 aromatic heterocycles. The van der Waals surface area contributed by atoms with Crippen LogP contribution in [-0.4, -0.2) is 43.3 Å². The molecule has 0 aliphatic carbocycles. The van der Waals surface area contributed by atoms with E-state index >= 15 is 0 Å². The number of morpholine rings is 1. The second-order valence-corrected chi connectivity index (χ2v) is 8.62. The van der Waals surface area contributed by atoms with Crippen molar-refractivity contribution in [2.75, 3.05) is 26.3 Å². The van der Waals surface area contributed by atoms with Crippen LogP contribution in [0, 0.1) is 0 Å². The maximum Gasteiger partial charge on any atom is 0.122 e. The fourth-order valence-corrected chi connectivity index (χ4v) is 4.63. The standard InChI is InChI=1S/C26H40N4O/c1-5-8-9-10-23-19(4)29-24(30-13-15-31-16-14-30)17-21(7-3)25(23)22-12-11-20(6-2)26(27)28-18-22/h12,18H,5-11,13-17,27H2,1-4H3. The summed E-state index contributed by atoms with van der Waals surface area (Å²) in [5.41, 5.74) is 14.1. The third kappa shape index (κ3) is 5.76. The molecule has 3 aliphatic heterocycles. The van der Waals surface area contributed by atoms with Gasteiger partial charge in [0.05, 0.1) is 13.2 Å². The first kappa shape index (κ1) is 23.5. The van der Waals surface area contributed by atoms with Gasteiger partial charge in [-0.25, -0.2) is 9.98 Å². The van der Waals surface area contributed by atoms with E-state index in [1.165, 1.54) is 53.0 Å². The fourth-order valence-electron chi connectivity index (χ4n) is 4.63. The molecule has 0 aromatic carbocycles. The van der Waals surface area contributed by atoms with Gasteiger partial charge >= 0.3 is 0 Å². The Kier molecular flexibility index (Phi) is 8.70. The molecule has 0 amide bonds. The largest absolute Gasteiger partial charge is 0.384 e. The first-order valence-corrected chi connectivity index (χ1v) is 12.1. The molecule has 3 rings (SSSR count). The van der Waals surface area contributed by atoms with Crippen molar-refractivity contribution in [3.05, 3.63) is 45.5 Å². The van der Waals surface area contributed by atoms with Crippen LogP contribution in [0.25, 0.3) is 0 Å². The van der Waals surface area contributed by atoms with Crippen LogP contribution in [0.1, 0.15) is 79.1 Å². The summed E-state index contributed by atoms with van der Waals surface area (Å²) in [6.45, 7) is 12.3. The van der Waals surface area contributed by atoms with Gasteiger partial charge in [0, 0.05) is 31.4 Å². The topological polar surface area (TPSA) is 63.2 Å². The van der Waals surface area contributed by atoms with Gasteiger partial charge in [0.2, 0.25) is 0 Å². The van der Waals surface area contributed by atoms with Crippen LogP contribution in [0.3, 0.4) is 0 Å². The van der Waals surface area contributed by atoms with Crippen LogP contribution < -0.4 is 5.73 Å². The summed E-state index contributed by atoms with van der Waals surface area (Å²) >= 11 is 0. The van der Waals surface area contributed by atoms with Gasteiger partial charge in [-0.05, 0) is 61.3 Å². The highest BCUT2D eigenvalue weighted by Crippen LogP contribution is 2.36. The molecular weight excluding hydrogens is 384 g/mol. The van der Waals surface area contributed by atoms with Gasteiger partial charge in [-0.15, -0.1) is 0 Å². The van der Waals surface area contributed by atoms with E-state index in [2.05, 4.69) is 43.7 Å². The fraction of sp³-hybridized carbons (Fsp3) is 0.615. The summed E-state index contributed by atoms with van der Waals surface area (Å²) in [4.78, 5) is 12.2. The predicted molar refractivity (Wildman–Crippen MR) is 131 cm³/mol. The van der Waals surface area contributed by atoms with E-state index < -0.39 is 0 Å². The Morgan fingerprint density at radius 2 is 1.81 bits per heavy atom. The van der Waals surface area contributed by atoms with Gasteiger partial charge in [-0.2, -0.15) is 0 Å². The summed E-state index contributed by atoms with van der Waals surface area (Å²) in [7, 11) is 0. The van der Waals surface area contributed by atoms with Crippen LogP contribution in [0.5, 0.6) is 0 Å². The Labute approximate surface area is 188 Å². The number of amidine groups is 1. The molecule has 2 N–H and O–H groups in total. The predicted octanol–water partition coefficient (Wildman–Crippen LogP) is 5.66. The normalized spacial score (nSPS) is 20.7. The Bertz CT molecular complexity index is 835. The number of rotatable bonds is 7. The molecule has 170 valence electrons. The molecule has 0 spiro atoms. The van der Waals surface area contributed by atoms with Crippen LogP contribution in [-0.2, 0) is 4.74 Å². The van der Waals surface area contributed by atoms with Gasteiger partial charge in [-0.3, -0.25) is 0 Å². The number of hydrogen-bond donors (Lipinski definition) is 1. The number of ether oxygens (including phenoxy) is 1. The Hall–Kier alpha value is -2.14. The van der Waals surface area contributed by atoms with Crippen LogP contribution in [0.4, 0.5) is 0 Å². The zero-order chi connectivity index (χ0) is 22.2. The highest BCUT2D eigenvalue weighted by molar-refractivity contribution is 5.92. The average Bonchev–Trinajstić information content (AvgIpc) is 3.06. The van der Waals surface area contributed by atoms with E-state index in [9.17, 15) is 0 Å². The van der Waals surface area contributed by atoms with Crippen molar-refractivity contribution < 1.29 is 4.74 Å². The second kappa shape index (κ2) is 11.5. The Balaban J connectivity index is 2.04. The molecule has 0 bridgehead atoms. The molecule has 5 nitrogen and oxygen atoms in total. The summed E-state index contributed by atoms with van der Waals surface area (Å²) in [6, 6.07) is 0. The van der Waals surface area contributed by atoms with E-state index in [4.69, 9.17) is 15.5 Å². The molecule has 0 saturated carbocycles. The number of nitrogens with two attached hydrogens (primary N) is 1. The monoisotopic (exact) mass is 424 g/mol. The Morgan fingerprint density at radius 1 is 1.06 bits per heavy atom. The first-order chi connectivity index (χ1) is 15.1. The zero-order valence-corrected chi connectivity index (χ0v) is 20.0. The minimum atomic E-state index is 0.680. The second-order valence-electron chi connectivity index (χ2n) is 8.62. The summed E-state index contributed by atoms with van der Waals surface area (Å²) in [5, 5.41) is 0. The molecule has 1 saturated heterocycles. The van der Waals surface area contributed by atoms with Crippen molar-refractivity contribution in [1.29, 1.82) is 0 Å². The van der Waals surface area contributed by atoms with E-state index in [-0.39, 0.29) is 0 Å². The zero-order valence-electron chi connectivity index (χ0n) is 20.0. The van der Waals surface area contributed by atoms with E-state index in [0.29, 0.717) is 5.82 Å². The van der Waals surface area contributed by atoms with E-state index in [1.807, 2.05) is 6.21 Å².